The van der Waals surface area contributed by atoms with Crippen LogP contribution in [0.3, 0.4) is 0 Å². The normalized spacial score (nSPS) is 17.4. The molecule has 0 unspecified atom stereocenters. The minimum absolute atomic E-state index is 0.169. The van der Waals surface area contributed by atoms with Crippen molar-refractivity contribution in [3.05, 3.63) is 21.9 Å². The lowest BCUT2D eigenvalue weighted by Gasteiger charge is -2.32. The molecular formula is C13H20Cl2N4O. The number of likely N-dealkylation sites (N-methyl/N-ethyl adjacent to an activating group) is 1. The SMILES string of the molecule is CN1CCN(CCCNC(=O)c2cc(Cl)c(Cl)[nH]2)CC1. The van der Waals surface area contributed by atoms with Gasteiger partial charge in [-0.15, -0.1) is 0 Å². The van der Waals surface area contributed by atoms with E-state index in [1.807, 2.05) is 0 Å². The Morgan fingerprint density at radius 1 is 1.35 bits per heavy atom. The van der Waals surface area contributed by atoms with Crippen LogP contribution < -0.4 is 5.32 Å². The van der Waals surface area contributed by atoms with Gasteiger partial charge in [0.15, 0.2) is 0 Å². The monoisotopic (exact) mass is 318 g/mol. The molecule has 1 fully saturated rings. The Hall–Kier alpha value is -0.750. The van der Waals surface area contributed by atoms with Crippen LogP contribution in [-0.4, -0.2) is 67.0 Å². The Morgan fingerprint density at radius 3 is 2.65 bits per heavy atom. The summed E-state index contributed by atoms with van der Waals surface area (Å²) in [5.41, 5.74) is 0.402. The largest absolute Gasteiger partial charge is 0.351 e. The van der Waals surface area contributed by atoms with Crippen LogP contribution in [0, 0.1) is 0 Å². The van der Waals surface area contributed by atoms with E-state index in [0.717, 1.165) is 39.1 Å². The fraction of sp³-hybridized carbons (Fsp3) is 0.615. The van der Waals surface area contributed by atoms with Crippen LogP contribution in [0.25, 0.3) is 0 Å². The molecule has 0 aromatic carbocycles. The highest BCUT2D eigenvalue weighted by Crippen LogP contribution is 2.21. The van der Waals surface area contributed by atoms with Gasteiger partial charge in [-0.2, -0.15) is 0 Å². The van der Waals surface area contributed by atoms with Gasteiger partial charge >= 0.3 is 0 Å². The second-order valence-electron chi connectivity index (χ2n) is 5.10. The second kappa shape index (κ2) is 7.31. The van der Waals surface area contributed by atoms with Crippen LogP contribution in [0.4, 0.5) is 0 Å². The van der Waals surface area contributed by atoms with Gasteiger partial charge in [0.05, 0.1) is 5.02 Å². The molecule has 1 saturated heterocycles. The number of nitrogens with zero attached hydrogens (tertiary/aromatic N) is 2. The van der Waals surface area contributed by atoms with Crippen LogP contribution in [0.5, 0.6) is 0 Å². The van der Waals surface area contributed by atoms with Crippen LogP contribution in [0.2, 0.25) is 10.2 Å². The summed E-state index contributed by atoms with van der Waals surface area (Å²) in [6.07, 6.45) is 0.942. The molecule has 0 saturated carbocycles. The number of carbonyl (C=O) groups is 1. The average molecular weight is 319 g/mol. The lowest BCUT2D eigenvalue weighted by atomic mass is 10.3. The first-order valence-electron chi connectivity index (χ1n) is 6.79. The summed E-state index contributed by atoms with van der Waals surface area (Å²) in [4.78, 5) is 19.3. The molecular weight excluding hydrogens is 299 g/mol. The number of aromatic nitrogens is 1. The zero-order valence-electron chi connectivity index (χ0n) is 11.6. The second-order valence-corrected chi connectivity index (χ2v) is 5.88. The molecule has 5 nitrogen and oxygen atoms in total. The highest BCUT2D eigenvalue weighted by molar-refractivity contribution is 6.41. The fourth-order valence-corrected chi connectivity index (χ4v) is 2.51. The first kappa shape index (κ1) is 15.6. The molecule has 1 amide bonds. The summed E-state index contributed by atoms with van der Waals surface area (Å²) in [5.74, 6) is -0.169. The maximum atomic E-state index is 11.8. The van der Waals surface area contributed by atoms with Gasteiger partial charge in [-0.25, -0.2) is 0 Å². The third kappa shape index (κ3) is 4.38. The van der Waals surface area contributed by atoms with Gasteiger partial charge in [0.2, 0.25) is 0 Å². The molecule has 0 bridgehead atoms. The number of aromatic amines is 1. The summed E-state index contributed by atoms with van der Waals surface area (Å²) in [7, 11) is 2.14. The standard InChI is InChI=1S/C13H20Cl2N4O/c1-18-5-7-19(8-6-18)4-2-3-16-13(20)11-9-10(14)12(15)17-11/h9,17H,2-8H2,1H3,(H,16,20). The maximum absolute atomic E-state index is 11.8. The Labute approximate surface area is 129 Å². The van der Waals surface area contributed by atoms with E-state index in [2.05, 4.69) is 27.1 Å². The van der Waals surface area contributed by atoms with Gasteiger partial charge in [-0.05, 0) is 26.1 Å². The number of H-pyrrole nitrogens is 1. The van der Waals surface area contributed by atoms with Crippen molar-refractivity contribution in [2.75, 3.05) is 46.3 Å². The van der Waals surface area contributed by atoms with Gasteiger partial charge in [0.25, 0.3) is 5.91 Å². The average Bonchev–Trinajstić information content (AvgIpc) is 2.77. The van der Waals surface area contributed by atoms with E-state index in [0.29, 0.717) is 22.4 Å². The highest BCUT2D eigenvalue weighted by atomic mass is 35.5. The lowest BCUT2D eigenvalue weighted by Crippen LogP contribution is -2.45. The van der Waals surface area contributed by atoms with Gasteiger partial charge in [0, 0.05) is 32.7 Å². The van der Waals surface area contributed by atoms with Crippen molar-refractivity contribution in [2.24, 2.45) is 0 Å². The molecule has 0 aliphatic carbocycles. The van der Waals surface area contributed by atoms with Crippen molar-refractivity contribution in [1.29, 1.82) is 0 Å². The summed E-state index contributed by atoms with van der Waals surface area (Å²) in [5, 5.41) is 3.53. The molecule has 0 spiro atoms. The van der Waals surface area contributed by atoms with Crippen LogP contribution in [0.15, 0.2) is 6.07 Å². The topological polar surface area (TPSA) is 51.4 Å². The van der Waals surface area contributed by atoms with Crippen molar-refractivity contribution in [3.8, 4) is 0 Å². The maximum Gasteiger partial charge on any atom is 0.267 e. The minimum Gasteiger partial charge on any atom is -0.351 e. The van der Waals surface area contributed by atoms with E-state index in [-0.39, 0.29) is 5.91 Å². The molecule has 2 rings (SSSR count). The van der Waals surface area contributed by atoms with Crippen molar-refractivity contribution in [3.63, 3.8) is 0 Å². The van der Waals surface area contributed by atoms with Crippen LogP contribution >= 0.6 is 23.2 Å². The zero-order valence-corrected chi connectivity index (χ0v) is 13.1. The number of hydrogen-bond acceptors (Lipinski definition) is 3. The molecule has 20 heavy (non-hydrogen) atoms. The fourth-order valence-electron chi connectivity index (χ4n) is 2.20. The van der Waals surface area contributed by atoms with Gasteiger partial charge < -0.3 is 20.1 Å². The van der Waals surface area contributed by atoms with E-state index < -0.39 is 0 Å². The first-order chi connectivity index (χ1) is 9.56. The highest BCUT2D eigenvalue weighted by Gasteiger charge is 2.14. The number of rotatable bonds is 5. The van der Waals surface area contributed by atoms with E-state index in [1.165, 1.54) is 0 Å². The number of amides is 1. The molecule has 0 radical (unpaired) electrons. The smallest absolute Gasteiger partial charge is 0.267 e. The number of hydrogen-bond donors (Lipinski definition) is 2. The molecule has 1 aliphatic heterocycles. The number of halogens is 2. The summed E-state index contributed by atoms with van der Waals surface area (Å²) < 4.78 is 0. The van der Waals surface area contributed by atoms with Crippen molar-refractivity contribution in [2.45, 2.75) is 6.42 Å². The quantitative estimate of drug-likeness (QED) is 0.812. The van der Waals surface area contributed by atoms with Crippen molar-refractivity contribution >= 4 is 29.1 Å². The third-order valence-corrected chi connectivity index (χ3v) is 4.20. The minimum atomic E-state index is -0.169. The van der Waals surface area contributed by atoms with Crippen LogP contribution in [-0.2, 0) is 0 Å². The van der Waals surface area contributed by atoms with Crippen LogP contribution in [0.1, 0.15) is 16.9 Å². The Morgan fingerprint density at radius 2 is 2.05 bits per heavy atom. The molecule has 2 heterocycles. The Kier molecular flexibility index (Phi) is 5.72. The van der Waals surface area contributed by atoms with Gasteiger partial charge in [-0.1, -0.05) is 23.2 Å². The Balaban J connectivity index is 1.64. The summed E-state index contributed by atoms with van der Waals surface area (Å²) in [6.45, 7) is 6.11. The number of nitrogens with one attached hydrogen (secondary N) is 2. The molecule has 0 atom stereocenters. The Bertz CT molecular complexity index is 436. The van der Waals surface area contributed by atoms with E-state index in [4.69, 9.17) is 23.2 Å². The van der Waals surface area contributed by atoms with Crippen molar-refractivity contribution < 1.29 is 4.79 Å². The van der Waals surface area contributed by atoms with Gasteiger partial charge in [0.1, 0.15) is 10.8 Å². The number of carbonyl (C=O) groups excluding carboxylic acids is 1. The van der Waals surface area contributed by atoms with E-state index in [9.17, 15) is 4.79 Å². The lowest BCUT2D eigenvalue weighted by molar-refractivity contribution is 0.0945. The molecule has 1 aromatic rings. The molecule has 112 valence electrons. The van der Waals surface area contributed by atoms with Crippen molar-refractivity contribution in [1.82, 2.24) is 20.1 Å². The molecule has 1 aliphatic rings. The van der Waals surface area contributed by atoms with E-state index >= 15 is 0 Å². The molecule has 7 heteroatoms. The summed E-state index contributed by atoms with van der Waals surface area (Å²) >= 11 is 11.6. The first-order valence-corrected chi connectivity index (χ1v) is 7.55. The predicted octanol–water partition coefficient (Wildman–Crippen LogP) is 1.69. The number of piperazine rings is 1. The molecule has 1 aromatic heterocycles. The molecule has 2 N–H and O–H groups in total. The third-order valence-electron chi connectivity index (χ3n) is 3.50. The zero-order chi connectivity index (χ0) is 14.5. The van der Waals surface area contributed by atoms with Gasteiger partial charge in [-0.3, -0.25) is 4.79 Å². The predicted molar refractivity (Wildman–Crippen MR) is 81.7 cm³/mol. The summed E-state index contributed by atoms with van der Waals surface area (Å²) in [6, 6.07) is 1.54. The van der Waals surface area contributed by atoms with E-state index in [1.54, 1.807) is 6.07 Å².